The number of hydrogen-bond donors (Lipinski definition) is 1. The molecule has 0 radical (unpaired) electrons. The molecule has 146 valence electrons. The van der Waals surface area contributed by atoms with Gasteiger partial charge in [-0.15, -0.1) is 0 Å². The van der Waals surface area contributed by atoms with E-state index in [0.29, 0.717) is 5.54 Å². The fourth-order valence-corrected chi connectivity index (χ4v) is 6.14. The van der Waals surface area contributed by atoms with Crippen molar-refractivity contribution in [2.24, 2.45) is 23.7 Å². The van der Waals surface area contributed by atoms with E-state index in [2.05, 4.69) is 31.0 Å². The maximum atomic E-state index is 3.68. The average Bonchev–Trinajstić information content (AvgIpc) is 3.03. The molecule has 3 aliphatic rings. The molecule has 2 heteroatoms. The molecule has 4 atom stereocenters. The Kier molecular flexibility index (Phi) is 7.26. The maximum absolute atomic E-state index is 3.68. The van der Waals surface area contributed by atoms with E-state index in [4.69, 9.17) is 0 Å². The van der Waals surface area contributed by atoms with E-state index < -0.39 is 0 Å². The van der Waals surface area contributed by atoms with E-state index in [1.165, 1.54) is 96.8 Å². The van der Waals surface area contributed by atoms with Gasteiger partial charge in [-0.3, -0.25) is 4.90 Å². The van der Waals surface area contributed by atoms with Gasteiger partial charge in [-0.05, 0) is 56.5 Å². The Hall–Kier alpha value is -0.0800. The van der Waals surface area contributed by atoms with Crippen molar-refractivity contribution < 1.29 is 0 Å². The predicted octanol–water partition coefficient (Wildman–Crippen LogP) is 5.47. The SMILES string of the molecule is CC1CN(C2(C)CCCCCCCCCCC2)CC(C)C2CNCC12. The molecular weight excluding hydrogens is 304 g/mol. The minimum atomic E-state index is 0.452. The average molecular weight is 349 g/mol. The third-order valence-electron chi connectivity index (χ3n) is 7.98. The van der Waals surface area contributed by atoms with Crippen molar-refractivity contribution in [3.05, 3.63) is 0 Å². The van der Waals surface area contributed by atoms with Gasteiger partial charge < -0.3 is 5.32 Å². The highest BCUT2D eigenvalue weighted by Gasteiger charge is 2.42. The van der Waals surface area contributed by atoms with Gasteiger partial charge in [0, 0.05) is 18.6 Å². The lowest BCUT2D eigenvalue weighted by Gasteiger charge is -2.44. The van der Waals surface area contributed by atoms with E-state index in [1.807, 2.05) is 0 Å². The van der Waals surface area contributed by atoms with Gasteiger partial charge in [0.1, 0.15) is 0 Å². The van der Waals surface area contributed by atoms with Crippen LogP contribution in [0, 0.1) is 23.7 Å². The molecule has 4 unspecified atom stereocenters. The monoisotopic (exact) mass is 348 g/mol. The van der Waals surface area contributed by atoms with Crippen molar-refractivity contribution in [1.82, 2.24) is 10.2 Å². The zero-order valence-electron chi connectivity index (χ0n) is 17.4. The number of rotatable bonds is 1. The van der Waals surface area contributed by atoms with Crippen LogP contribution in [0.5, 0.6) is 0 Å². The van der Waals surface area contributed by atoms with E-state index >= 15 is 0 Å². The summed E-state index contributed by atoms with van der Waals surface area (Å²) in [5.41, 5.74) is 0.452. The summed E-state index contributed by atoms with van der Waals surface area (Å²) < 4.78 is 0. The first-order valence-electron chi connectivity index (χ1n) is 11.6. The maximum Gasteiger partial charge on any atom is 0.0181 e. The van der Waals surface area contributed by atoms with E-state index in [1.54, 1.807) is 0 Å². The summed E-state index contributed by atoms with van der Waals surface area (Å²) in [6.45, 7) is 12.9. The molecule has 1 saturated carbocycles. The molecule has 0 amide bonds. The number of nitrogens with zero attached hydrogens (tertiary/aromatic N) is 1. The fraction of sp³-hybridized carbons (Fsp3) is 1.00. The molecule has 25 heavy (non-hydrogen) atoms. The van der Waals surface area contributed by atoms with Crippen LogP contribution in [-0.2, 0) is 0 Å². The minimum Gasteiger partial charge on any atom is -0.316 e. The largest absolute Gasteiger partial charge is 0.316 e. The summed E-state index contributed by atoms with van der Waals surface area (Å²) >= 11 is 0. The Labute approximate surface area is 157 Å². The van der Waals surface area contributed by atoms with Crippen molar-refractivity contribution in [1.29, 1.82) is 0 Å². The van der Waals surface area contributed by atoms with Crippen LogP contribution < -0.4 is 5.32 Å². The Morgan fingerprint density at radius 2 is 1.08 bits per heavy atom. The van der Waals surface area contributed by atoms with E-state index in [-0.39, 0.29) is 0 Å². The van der Waals surface area contributed by atoms with E-state index in [9.17, 15) is 0 Å². The first-order valence-corrected chi connectivity index (χ1v) is 11.6. The van der Waals surface area contributed by atoms with E-state index in [0.717, 1.165) is 23.7 Å². The molecule has 3 fully saturated rings. The lowest BCUT2D eigenvalue weighted by atomic mass is 9.80. The second-order valence-electron chi connectivity index (χ2n) is 10.0. The summed E-state index contributed by atoms with van der Waals surface area (Å²) in [5.74, 6) is 3.52. The van der Waals surface area contributed by atoms with Crippen molar-refractivity contribution in [2.45, 2.75) is 96.9 Å². The molecule has 0 aromatic rings. The van der Waals surface area contributed by atoms with Gasteiger partial charge in [-0.2, -0.15) is 0 Å². The van der Waals surface area contributed by atoms with Gasteiger partial charge in [-0.25, -0.2) is 0 Å². The first-order chi connectivity index (χ1) is 12.1. The van der Waals surface area contributed by atoms with Crippen LogP contribution in [0.2, 0.25) is 0 Å². The van der Waals surface area contributed by atoms with Crippen molar-refractivity contribution in [3.63, 3.8) is 0 Å². The van der Waals surface area contributed by atoms with Crippen LogP contribution in [0.1, 0.15) is 91.4 Å². The zero-order valence-corrected chi connectivity index (χ0v) is 17.4. The molecule has 2 aliphatic heterocycles. The van der Waals surface area contributed by atoms with Gasteiger partial charge in [0.25, 0.3) is 0 Å². The third kappa shape index (κ3) is 5.01. The van der Waals surface area contributed by atoms with Crippen LogP contribution >= 0.6 is 0 Å². The molecule has 0 aromatic carbocycles. The number of nitrogens with one attached hydrogen (secondary N) is 1. The lowest BCUT2D eigenvalue weighted by molar-refractivity contribution is 0.0593. The van der Waals surface area contributed by atoms with Crippen molar-refractivity contribution in [2.75, 3.05) is 26.2 Å². The Morgan fingerprint density at radius 1 is 0.680 bits per heavy atom. The second-order valence-corrected chi connectivity index (χ2v) is 10.0. The number of hydrogen-bond acceptors (Lipinski definition) is 2. The molecule has 1 aliphatic carbocycles. The molecule has 1 N–H and O–H groups in total. The standard InChI is InChI=1S/C23H44N2/c1-19-17-25(18-20(2)22-16-24-15-21(19)22)23(3)13-11-9-7-5-4-6-8-10-12-14-23/h19-22,24H,4-18H2,1-3H3. The summed E-state index contributed by atoms with van der Waals surface area (Å²) in [4.78, 5) is 2.96. The van der Waals surface area contributed by atoms with Crippen molar-refractivity contribution >= 4 is 0 Å². The van der Waals surface area contributed by atoms with Crippen LogP contribution in [0.4, 0.5) is 0 Å². The topological polar surface area (TPSA) is 15.3 Å². The van der Waals surface area contributed by atoms with Crippen molar-refractivity contribution in [3.8, 4) is 0 Å². The van der Waals surface area contributed by atoms with Gasteiger partial charge in [0.15, 0.2) is 0 Å². The van der Waals surface area contributed by atoms with Gasteiger partial charge in [0.2, 0.25) is 0 Å². The fourth-order valence-electron chi connectivity index (χ4n) is 6.14. The Morgan fingerprint density at radius 3 is 1.52 bits per heavy atom. The predicted molar refractivity (Wildman–Crippen MR) is 109 cm³/mol. The van der Waals surface area contributed by atoms with Crippen LogP contribution in [0.15, 0.2) is 0 Å². The summed E-state index contributed by atoms with van der Waals surface area (Å²) in [6.07, 6.45) is 16.1. The molecule has 2 nitrogen and oxygen atoms in total. The van der Waals surface area contributed by atoms with Gasteiger partial charge >= 0.3 is 0 Å². The quantitative estimate of drug-likeness (QED) is 0.675. The highest BCUT2D eigenvalue weighted by Crippen LogP contribution is 2.39. The Bertz CT molecular complexity index is 364. The lowest BCUT2D eigenvalue weighted by Crippen LogP contribution is -2.49. The molecule has 2 heterocycles. The molecule has 0 spiro atoms. The van der Waals surface area contributed by atoms with Gasteiger partial charge in [-0.1, -0.05) is 71.6 Å². The highest BCUT2D eigenvalue weighted by atomic mass is 15.2. The van der Waals surface area contributed by atoms with Gasteiger partial charge in [0.05, 0.1) is 0 Å². The Balaban J connectivity index is 1.68. The molecular formula is C23H44N2. The zero-order chi connectivity index (χ0) is 17.7. The van der Waals surface area contributed by atoms with Crippen LogP contribution in [-0.4, -0.2) is 36.6 Å². The molecule has 0 aromatic heterocycles. The second kappa shape index (κ2) is 9.22. The molecule has 2 saturated heterocycles. The summed E-state index contributed by atoms with van der Waals surface area (Å²) in [7, 11) is 0. The summed E-state index contributed by atoms with van der Waals surface area (Å²) in [5, 5.41) is 3.68. The van der Waals surface area contributed by atoms with Crippen LogP contribution in [0.3, 0.4) is 0 Å². The number of likely N-dealkylation sites (tertiary alicyclic amines) is 1. The summed E-state index contributed by atoms with van der Waals surface area (Å²) in [6, 6.07) is 0. The van der Waals surface area contributed by atoms with Crippen LogP contribution in [0.25, 0.3) is 0 Å². The molecule has 0 bridgehead atoms. The number of fused-ring (bicyclic) bond motifs is 1. The third-order valence-corrected chi connectivity index (χ3v) is 7.98. The highest BCUT2D eigenvalue weighted by molar-refractivity contribution is 4.96. The first kappa shape index (κ1) is 19.7. The molecule has 3 rings (SSSR count). The smallest absolute Gasteiger partial charge is 0.0181 e. The minimum absolute atomic E-state index is 0.452. The normalized spacial score (nSPS) is 39.0.